The second kappa shape index (κ2) is 6.01. The maximum absolute atomic E-state index is 12.5. The minimum absolute atomic E-state index is 0.0954. The minimum atomic E-state index is -0.322. The number of carbonyl (C=O) groups is 1. The fourth-order valence-corrected chi connectivity index (χ4v) is 4.12. The molecule has 0 spiro atoms. The molecule has 0 atom stereocenters. The lowest BCUT2D eigenvalue weighted by molar-refractivity contribution is 0.103. The van der Waals surface area contributed by atoms with Gasteiger partial charge in [0.05, 0.1) is 23.6 Å². The Hall–Kier alpha value is 0.370. The standard InChI is InChI=1S/C11H4Br5NO2/c12-3-1-4(9(18)5(13)2-3)10(19)8-6(14)7(15)11(16)17-8/h1-2,17-18H. The van der Waals surface area contributed by atoms with E-state index in [4.69, 9.17) is 0 Å². The van der Waals surface area contributed by atoms with Crippen molar-refractivity contribution >= 4 is 85.4 Å². The average Bonchev–Trinajstić information content (AvgIpc) is 2.61. The first-order valence-electron chi connectivity index (χ1n) is 4.78. The highest BCUT2D eigenvalue weighted by molar-refractivity contribution is 9.14. The van der Waals surface area contributed by atoms with Gasteiger partial charge in [-0.3, -0.25) is 4.79 Å². The summed E-state index contributed by atoms with van der Waals surface area (Å²) < 4.78 is 3.10. The van der Waals surface area contributed by atoms with Crippen molar-refractivity contribution in [2.75, 3.05) is 0 Å². The van der Waals surface area contributed by atoms with Crippen molar-refractivity contribution in [3.8, 4) is 5.75 Å². The molecule has 0 aliphatic heterocycles. The largest absolute Gasteiger partial charge is 0.506 e. The lowest BCUT2D eigenvalue weighted by Crippen LogP contribution is -2.03. The first-order chi connectivity index (χ1) is 8.82. The lowest BCUT2D eigenvalue weighted by atomic mass is 10.1. The van der Waals surface area contributed by atoms with E-state index in [0.717, 1.165) is 0 Å². The van der Waals surface area contributed by atoms with Gasteiger partial charge in [0.25, 0.3) is 0 Å². The average molecular weight is 582 g/mol. The molecule has 1 aromatic heterocycles. The van der Waals surface area contributed by atoms with Crippen LogP contribution in [0.3, 0.4) is 0 Å². The van der Waals surface area contributed by atoms with Crippen LogP contribution in [0.1, 0.15) is 16.1 Å². The van der Waals surface area contributed by atoms with Crippen molar-refractivity contribution in [3.63, 3.8) is 0 Å². The minimum Gasteiger partial charge on any atom is -0.506 e. The second-order valence-electron chi connectivity index (χ2n) is 3.55. The number of hydrogen-bond donors (Lipinski definition) is 2. The number of phenolic OH excluding ortho intramolecular Hbond substituents is 1. The maximum atomic E-state index is 12.5. The summed E-state index contributed by atoms with van der Waals surface area (Å²) in [5, 5.41) is 9.98. The number of rotatable bonds is 2. The van der Waals surface area contributed by atoms with Crippen LogP contribution >= 0.6 is 79.6 Å². The van der Waals surface area contributed by atoms with E-state index in [-0.39, 0.29) is 17.1 Å². The third-order valence-corrected chi connectivity index (χ3v) is 6.65. The zero-order valence-corrected chi connectivity index (χ0v) is 16.8. The summed E-state index contributed by atoms with van der Waals surface area (Å²) in [5.74, 6) is -0.417. The zero-order valence-electron chi connectivity index (χ0n) is 8.90. The molecule has 2 N–H and O–H groups in total. The van der Waals surface area contributed by atoms with E-state index in [1.165, 1.54) is 0 Å². The SMILES string of the molecule is O=C(c1cc(Br)cc(Br)c1O)c1[nH]c(Br)c(Br)c1Br. The van der Waals surface area contributed by atoms with E-state index in [2.05, 4.69) is 84.6 Å². The predicted molar refractivity (Wildman–Crippen MR) is 90.8 cm³/mol. The Bertz CT molecular complexity index is 680. The van der Waals surface area contributed by atoms with E-state index in [1.54, 1.807) is 12.1 Å². The van der Waals surface area contributed by atoms with Crippen LogP contribution in [0, 0.1) is 0 Å². The number of aromatic hydroxyl groups is 1. The van der Waals surface area contributed by atoms with Gasteiger partial charge in [-0.25, -0.2) is 0 Å². The van der Waals surface area contributed by atoms with Crippen molar-refractivity contribution in [2.24, 2.45) is 0 Å². The maximum Gasteiger partial charge on any atom is 0.214 e. The van der Waals surface area contributed by atoms with Gasteiger partial charge in [0, 0.05) is 4.47 Å². The molecule has 2 aromatic rings. The number of H-pyrrole nitrogens is 1. The molecule has 0 fully saturated rings. The number of halogens is 5. The molecule has 0 aliphatic rings. The van der Waals surface area contributed by atoms with Crippen molar-refractivity contribution < 1.29 is 9.90 Å². The summed E-state index contributed by atoms with van der Waals surface area (Å²) in [5.41, 5.74) is 0.544. The summed E-state index contributed by atoms with van der Waals surface area (Å²) >= 11 is 16.4. The van der Waals surface area contributed by atoms with Crippen LogP contribution in [0.4, 0.5) is 0 Å². The predicted octanol–water partition coefficient (Wildman–Crippen LogP) is 5.76. The number of ketones is 1. The van der Waals surface area contributed by atoms with Crippen molar-refractivity contribution in [1.82, 2.24) is 4.98 Å². The Kier molecular flexibility index (Phi) is 4.98. The monoisotopic (exact) mass is 577 g/mol. The number of benzene rings is 1. The van der Waals surface area contributed by atoms with Gasteiger partial charge in [-0.05, 0) is 75.9 Å². The third kappa shape index (κ3) is 3.02. The van der Waals surface area contributed by atoms with Gasteiger partial charge < -0.3 is 10.1 Å². The first-order valence-corrected chi connectivity index (χ1v) is 8.74. The Morgan fingerprint density at radius 3 is 2.21 bits per heavy atom. The number of hydrogen-bond acceptors (Lipinski definition) is 2. The molecule has 1 aromatic carbocycles. The first kappa shape index (κ1) is 15.8. The molecule has 1 heterocycles. The fourth-order valence-electron chi connectivity index (χ4n) is 1.46. The molecule has 0 radical (unpaired) electrons. The van der Waals surface area contributed by atoms with Gasteiger partial charge in [0.15, 0.2) is 0 Å². The van der Waals surface area contributed by atoms with Crippen molar-refractivity contribution in [3.05, 3.63) is 45.9 Å². The van der Waals surface area contributed by atoms with E-state index >= 15 is 0 Å². The van der Waals surface area contributed by atoms with Gasteiger partial charge in [-0.15, -0.1) is 0 Å². The summed E-state index contributed by atoms with van der Waals surface area (Å²) in [6.07, 6.45) is 0. The molecule has 0 saturated heterocycles. The Morgan fingerprint density at radius 2 is 1.68 bits per heavy atom. The number of nitrogens with one attached hydrogen (secondary N) is 1. The third-order valence-electron chi connectivity index (χ3n) is 2.34. The molecule has 0 bridgehead atoms. The van der Waals surface area contributed by atoms with Crippen LogP contribution in [0.25, 0.3) is 0 Å². The highest BCUT2D eigenvalue weighted by atomic mass is 79.9. The number of aromatic nitrogens is 1. The van der Waals surface area contributed by atoms with Gasteiger partial charge in [-0.1, -0.05) is 15.9 Å². The Balaban J connectivity index is 2.59. The Morgan fingerprint density at radius 1 is 1.05 bits per heavy atom. The smallest absolute Gasteiger partial charge is 0.214 e. The molecule has 3 nitrogen and oxygen atoms in total. The topological polar surface area (TPSA) is 53.1 Å². The quantitative estimate of drug-likeness (QED) is 0.443. The number of aromatic amines is 1. The summed E-state index contributed by atoms with van der Waals surface area (Å²) in [4.78, 5) is 15.4. The molecular weight excluding hydrogens is 578 g/mol. The number of phenols is 1. The Labute approximate surface area is 150 Å². The van der Waals surface area contributed by atoms with Crippen molar-refractivity contribution in [2.45, 2.75) is 0 Å². The molecule has 0 amide bonds. The lowest BCUT2D eigenvalue weighted by Gasteiger charge is -2.06. The molecule has 8 heteroatoms. The van der Waals surface area contributed by atoms with Crippen LogP contribution in [0.15, 0.2) is 34.6 Å². The molecule has 100 valence electrons. The zero-order chi connectivity index (χ0) is 14.3. The molecule has 0 unspecified atom stereocenters. The van der Waals surface area contributed by atoms with Crippen LogP contribution in [-0.4, -0.2) is 15.9 Å². The van der Waals surface area contributed by atoms with Crippen LogP contribution in [-0.2, 0) is 0 Å². The highest BCUT2D eigenvalue weighted by Gasteiger charge is 2.23. The van der Waals surface area contributed by atoms with E-state index in [1.807, 2.05) is 0 Å². The van der Waals surface area contributed by atoms with Gasteiger partial charge in [-0.2, -0.15) is 0 Å². The molecule has 2 rings (SSSR count). The van der Waals surface area contributed by atoms with E-state index < -0.39 is 0 Å². The second-order valence-corrected chi connectivity index (χ2v) is 7.70. The van der Waals surface area contributed by atoms with E-state index in [9.17, 15) is 9.90 Å². The van der Waals surface area contributed by atoms with E-state index in [0.29, 0.717) is 28.2 Å². The summed E-state index contributed by atoms with van der Waals surface area (Å²) in [6.45, 7) is 0. The molecular formula is C11H4Br5NO2. The van der Waals surface area contributed by atoms with Gasteiger partial charge in [0.2, 0.25) is 5.78 Å². The van der Waals surface area contributed by atoms with Crippen LogP contribution in [0.5, 0.6) is 5.75 Å². The van der Waals surface area contributed by atoms with Gasteiger partial charge in [0.1, 0.15) is 11.4 Å². The summed E-state index contributed by atoms with van der Waals surface area (Å²) in [7, 11) is 0. The van der Waals surface area contributed by atoms with Crippen molar-refractivity contribution in [1.29, 1.82) is 0 Å². The normalized spacial score (nSPS) is 10.8. The molecule has 0 aliphatic carbocycles. The molecule has 19 heavy (non-hydrogen) atoms. The van der Waals surface area contributed by atoms with Crippen LogP contribution < -0.4 is 0 Å². The van der Waals surface area contributed by atoms with Crippen LogP contribution in [0.2, 0.25) is 0 Å². The fraction of sp³-hybridized carbons (Fsp3) is 0. The van der Waals surface area contributed by atoms with Gasteiger partial charge >= 0.3 is 0 Å². The number of carbonyl (C=O) groups excluding carboxylic acids is 1. The summed E-state index contributed by atoms with van der Waals surface area (Å²) in [6, 6.07) is 3.24. The molecule has 0 saturated carbocycles. The highest BCUT2D eigenvalue weighted by Crippen LogP contribution is 2.38.